The van der Waals surface area contributed by atoms with E-state index in [-0.39, 0.29) is 30.6 Å². The smallest absolute Gasteiger partial charge is 0.237 e. The van der Waals surface area contributed by atoms with Crippen LogP contribution in [0.25, 0.3) is 0 Å². The summed E-state index contributed by atoms with van der Waals surface area (Å²) in [5.74, 6) is -0.238. The van der Waals surface area contributed by atoms with E-state index in [0.29, 0.717) is 19.6 Å². The van der Waals surface area contributed by atoms with Crippen LogP contribution < -0.4 is 5.73 Å². The number of halogens is 1. The fraction of sp³-hybridized carbons (Fsp3) is 0.533. The minimum Gasteiger partial charge on any atom is -0.340 e. The first-order chi connectivity index (χ1) is 10.4. The molecule has 0 atom stereocenters. The van der Waals surface area contributed by atoms with Gasteiger partial charge in [-0.3, -0.25) is 4.79 Å². The van der Waals surface area contributed by atoms with Crippen LogP contribution >= 0.6 is 12.4 Å². The molecule has 0 unspecified atom stereocenters. The van der Waals surface area contributed by atoms with E-state index >= 15 is 0 Å². The van der Waals surface area contributed by atoms with Gasteiger partial charge in [0, 0.05) is 26.7 Å². The average molecular weight is 364 g/mol. The average Bonchev–Trinajstić information content (AvgIpc) is 2.52. The summed E-state index contributed by atoms with van der Waals surface area (Å²) < 4.78 is 24.5. The summed E-state index contributed by atoms with van der Waals surface area (Å²) >= 11 is 0. The largest absolute Gasteiger partial charge is 0.340 e. The molecule has 23 heavy (non-hydrogen) atoms. The minimum absolute atomic E-state index is 0. The molecule has 0 aliphatic heterocycles. The Kier molecular flexibility index (Phi) is 10.1. The van der Waals surface area contributed by atoms with Gasteiger partial charge < -0.3 is 10.6 Å². The van der Waals surface area contributed by atoms with Crippen molar-refractivity contribution in [2.24, 2.45) is 5.73 Å². The Bertz CT molecular complexity index is 567. The van der Waals surface area contributed by atoms with Gasteiger partial charge in [-0.1, -0.05) is 30.3 Å². The first-order valence-electron chi connectivity index (χ1n) is 7.36. The second-order valence-electron chi connectivity index (χ2n) is 5.06. The first kappa shape index (κ1) is 21.9. The number of carbonyl (C=O) groups is 1. The van der Waals surface area contributed by atoms with Crippen molar-refractivity contribution in [3.63, 3.8) is 0 Å². The molecule has 1 rings (SSSR count). The van der Waals surface area contributed by atoms with Crippen molar-refractivity contribution in [1.82, 2.24) is 9.21 Å². The number of sulfonamides is 1. The second kappa shape index (κ2) is 10.6. The molecule has 0 aliphatic carbocycles. The predicted octanol–water partition coefficient (Wildman–Crippen LogP) is 0.720. The van der Waals surface area contributed by atoms with E-state index in [9.17, 15) is 13.2 Å². The molecule has 0 saturated carbocycles. The van der Waals surface area contributed by atoms with Crippen molar-refractivity contribution in [3.8, 4) is 0 Å². The highest BCUT2D eigenvalue weighted by atomic mass is 35.5. The van der Waals surface area contributed by atoms with Gasteiger partial charge in [-0.25, -0.2) is 8.42 Å². The van der Waals surface area contributed by atoms with Crippen LogP contribution in [-0.2, 0) is 21.2 Å². The summed E-state index contributed by atoms with van der Waals surface area (Å²) in [6, 6.07) is 9.84. The lowest BCUT2D eigenvalue weighted by Gasteiger charge is -2.25. The normalized spacial score (nSPS) is 11.1. The molecule has 2 N–H and O–H groups in total. The van der Waals surface area contributed by atoms with E-state index in [0.717, 1.165) is 16.3 Å². The van der Waals surface area contributed by atoms with Crippen LogP contribution in [0, 0.1) is 0 Å². The van der Waals surface area contributed by atoms with Gasteiger partial charge in [-0.05, 0) is 18.9 Å². The molecule has 1 amide bonds. The van der Waals surface area contributed by atoms with E-state index in [2.05, 4.69) is 0 Å². The fourth-order valence-electron chi connectivity index (χ4n) is 2.03. The van der Waals surface area contributed by atoms with Gasteiger partial charge in [0.15, 0.2) is 0 Å². The van der Waals surface area contributed by atoms with Crippen LogP contribution in [0.15, 0.2) is 30.3 Å². The molecule has 0 spiro atoms. The highest BCUT2D eigenvalue weighted by Gasteiger charge is 2.21. The zero-order valence-electron chi connectivity index (χ0n) is 13.6. The van der Waals surface area contributed by atoms with E-state index in [4.69, 9.17) is 5.73 Å². The van der Waals surface area contributed by atoms with Crippen LogP contribution in [-0.4, -0.2) is 62.5 Å². The number of hydrogen-bond donors (Lipinski definition) is 1. The Morgan fingerprint density at radius 2 is 1.78 bits per heavy atom. The fourth-order valence-corrected chi connectivity index (χ4v) is 2.78. The van der Waals surface area contributed by atoms with Crippen LogP contribution in [0.2, 0.25) is 0 Å². The van der Waals surface area contributed by atoms with Crippen LogP contribution in [0.5, 0.6) is 0 Å². The van der Waals surface area contributed by atoms with Gasteiger partial charge in [0.05, 0.1) is 12.3 Å². The number of benzene rings is 1. The quantitative estimate of drug-likeness (QED) is 0.700. The molecule has 0 aliphatic rings. The summed E-state index contributed by atoms with van der Waals surface area (Å²) in [4.78, 5) is 13.9. The Balaban J connectivity index is 0.00000484. The van der Waals surface area contributed by atoms with Crippen molar-refractivity contribution < 1.29 is 13.2 Å². The Morgan fingerprint density at radius 3 is 2.30 bits per heavy atom. The van der Waals surface area contributed by atoms with Gasteiger partial charge in [-0.15, -0.1) is 12.4 Å². The Morgan fingerprint density at radius 1 is 1.17 bits per heavy atom. The molecule has 0 aromatic heterocycles. The molecule has 8 heteroatoms. The van der Waals surface area contributed by atoms with Crippen LogP contribution in [0.4, 0.5) is 0 Å². The van der Waals surface area contributed by atoms with Crippen molar-refractivity contribution in [2.75, 3.05) is 39.0 Å². The molecule has 1 aromatic carbocycles. The van der Waals surface area contributed by atoms with Crippen molar-refractivity contribution in [1.29, 1.82) is 0 Å². The molecule has 0 saturated heterocycles. The lowest BCUT2D eigenvalue weighted by Crippen LogP contribution is -2.44. The lowest BCUT2D eigenvalue weighted by atomic mass is 10.1. The Labute approximate surface area is 145 Å². The number of amides is 1. The standard InChI is InChI=1S/C15H25N3O3S.ClH/c1-3-22(20,21)17(2)13-15(19)18(12-10-16)11-9-14-7-5-4-6-8-14;/h4-8H,3,9-13,16H2,1-2H3;1H. The number of likely N-dealkylation sites (N-methyl/N-ethyl adjacent to an activating group) is 1. The van der Waals surface area contributed by atoms with Gasteiger partial charge in [-0.2, -0.15) is 4.31 Å². The number of nitrogens with zero attached hydrogens (tertiary/aromatic N) is 2. The third-order valence-corrected chi connectivity index (χ3v) is 5.27. The summed E-state index contributed by atoms with van der Waals surface area (Å²) in [7, 11) is -1.93. The maximum absolute atomic E-state index is 12.3. The van der Waals surface area contributed by atoms with Crippen LogP contribution in [0.3, 0.4) is 0 Å². The van der Waals surface area contributed by atoms with Gasteiger partial charge in [0.25, 0.3) is 0 Å². The highest BCUT2D eigenvalue weighted by Crippen LogP contribution is 2.04. The molecule has 1 aromatic rings. The molecule has 0 heterocycles. The lowest BCUT2D eigenvalue weighted by molar-refractivity contribution is -0.131. The number of rotatable bonds is 9. The summed E-state index contributed by atoms with van der Waals surface area (Å²) in [5.41, 5.74) is 6.68. The van der Waals surface area contributed by atoms with Gasteiger partial charge in [0.1, 0.15) is 0 Å². The van der Waals surface area contributed by atoms with E-state index in [1.54, 1.807) is 11.8 Å². The summed E-state index contributed by atoms with van der Waals surface area (Å²) in [6.07, 6.45) is 0.719. The SMILES string of the molecule is CCS(=O)(=O)N(C)CC(=O)N(CCN)CCc1ccccc1.Cl. The van der Waals surface area contributed by atoms with Crippen molar-refractivity contribution in [3.05, 3.63) is 35.9 Å². The van der Waals surface area contributed by atoms with Crippen molar-refractivity contribution >= 4 is 28.3 Å². The summed E-state index contributed by atoms with van der Waals surface area (Å²) in [5, 5.41) is 0. The van der Waals surface area contributed by atoms with E-state index < -0.39 is 10.0 Å². The maximum Gasteiger partial charge on any atom is 0.237 e. The molecule has 6 nitrogen and oxygen atoms in total. The van der Waals surface area contributed by atoms with Crippen LogP contribution in [0.1, 0.15) is 12.5 Å². The predicted molar refractivity (Wildman–Crippen MR) is 95.1 cm³/mol. The molecule has 0 radical (unpaired) electrons. The van der Waals surface area contributed by atoms with E-state index in [1.807, 2.05) is 30.3 Å². The molecule has 132 valence electrons. The van der Waals surface area contributed by atoms with Gasteiger partial charge >= 0.3 is 0 Å². The zero-order valence-corrected chi connectivity index (χ0v) is 15.3. The van der Waals surface area contributed by atoms with Crippen molar-refractivity contribution in [2.45, 2.75) is 13.3 Å². The number of nitrogens with two attached hydrogens (primary N) is 1. The number of hydrogen-bond acceptors (Lipinski definition) is 4. The molecule has 0 fully saturated rings. The second-order valence-corrected chi connectivity index (χ2v) is 7.43. The maximum atomic E-state index is 12.3. The molecular formula is C15H26ClN3O3S. The van der Waals surface area contributed by atoms with E-state index in [1.165, 1.54) is 7.05 Å². The highest BCUT2D eigenvalue weighted by molar-refractivity contribution is 7.89. The first-order valence-corrected chi connectivity index (χ1v) is 8.97. The monoisotopic (exact) mass is 363 g/mol. The number of carbonyl (C=O) groups excluding carboxylic acids is 1. The van der Waals surface area contributed by atoms with Gasteiger partial charge in [0.2, 0.25) is 15.9 Å². The zero-order chi connectivity index (χ0) is 16.6. The molecular weight excluding hydrogens is 338 g/mol. The third kappa shape index (κ3) is 7.30. The topological polar surface area (TPSA) is 83.7 Å². The summed E-state index contributed by atoms with van der Waals surface area (Å²) in [6.45, 7) is 2.71. The molecule has 0 bridgehead atoms. The Hall–Kier alpha value is -1.15. The minimum atomic E-state index is -3.35. The third-order valence-electron chi connectivity index (χ3n) is 3.46.